The summed E-state index contributed by atoms with van der Waals surface area (Å²) < 4.78 is 40.3. The maximum absolute atomic E-state index is 13.0. The maximum Gasteiger partial charge on any atom is 0.261 e. The molecular weight excluding hydrogens is 447 g/mol. The number of benzene rings is 2. The van der Waals surface area contributed by atoms with Gasteiger partial charge in [0.2, 0.25) is 11.8 Å². The van der Waals surface area contributed by atoms with Crippen molar-refractivity contribution in [1.82, 2.24) is 15.1 Å². The highest BCUT2D eigenvalue weighted by molar-refractivity contribution is 7.92. The Kier molecular flexibility index (Phi) is 8.40. The molecule has 1 aliphatic rings. The van der Waals surface area contributed by atoms with E-state index in [2.05, 4.69) is 10.0 Å². The lowest BCUT2D eigenvalue weighted by atomic mass is 10.1. The van der Waals surface area contributed by atoms with Gasteiger partial charge in [-0.15, -0.1) is 0 Å². The van der Waals surface area contributed by atoms with E-state index in [1.165, 1.54) is 12.1 Å². The zero-order valence-electron chi connectivity index (χ0n) is 18.6. The first-order valence-electron chi connectivity index (χ1n) is 10.9. The molecule has 33 heavy (non-hydrogen) atoms. The Hall–Kier alpha value is -2.98. The van der Waals surface area contributed by atoms with Crippen LogP contribution in [0.3, 0.4) is 0 Å². The van der Waals surface area contributed by atoms with E-state index < -0.39 is 15.8 Å². The van der Waals surface area contributed by atoms with Crippen LogP contribution >= 0.6 is 0 Å². The lowest BCUT2D eigenvalue weighted by Gasteiger charge is -2.34. The van der Waals surface area contributed by atoms with Crippen LogP contribution in [0, 0.1) is 5.82 Å². The standard InChI is InChI=1S/C23H29FN4O4S/c1-2-11-25-22(29)17-27-12-14-28(15-13-27)23(30)16-18-3-7-20(8-4-18)26-33(31,32)21-9-5-19(24)6-10-21/h3-10,26H,2,11-17H2,1H3,(H,25,29). The molecular formula is C23H29FN4O4S. The predicted octanol–water partition coefficient (Wildman–Crippen LogP) is 1.84. The summed E-state index contributed by atoms with van der Waals surface area (Å²) in [6.45, 7) is 5.45. The van der Waals surface area contributed by atoms with Crippen LogP contribution in [0.5, 0.6) is 0 Å². The van der Waals surface area contributed by atoms with Gasteiger partial charge < -0.3 is 10.2 Å². The molecule has 2 aromatic carbocycles. The third-order valence-electron chi connectivity index (χ3n) is 5.35. The second-order valence-electron chi connectivity index (χ2n) is 7.94. The number of rotatable bonds is 9. The number of hydrogen-bond acceptors (Lipinski definition) is 5. The molecule has 2 amide bonds. The molecule has 8 nitrogen and oxygen atoms in total. The van der Waals surface area contributed by atoms with E-state index in [1.807, 2.05) is 11.8 Å². The van der Waals surface area contributed by atoms with Gasteiger partial charge in [0, 0.05) is 38.4 Å². The highest BCUT2D eigenvalue weighted by atomic mass is 32.2. The monoisotopic (exact) mass is 476 g/mol. The van der Waals surface area contributed by atoms with Crippen LogP contribution < -0.4 is 10.0 Å². The van der Waals surface area contributed by atoms with Crippen molar-refractivity contribution in [2.45, 2.75) is 24.7 Å². The molecule has 1 aliphatic heterocycles. The molecule has 1 fully saturated rings. The molecule has 2 aromatic rings. The van der Waals surface area contributed by atoms with Crippen LogP contribution in [0.4, 0.5) is 10.1 Å². The number of nitrogens with one attached hydrogen (secondary N) is 2. The number of amides is 2. The molecule has 178 valence electrons. The molecule has 0 saturated carbocycles. The van der Waals surface area contributed by atoms with Crippen LogP contribution in [-0.2, 0) is 26.0 Å². The number of halogens is 1. The van der Waals surface area contributed by atoms with Crippen LogP contribution in [0.25, 0.3) is 0 Å². The summed E-state index contributed by atoms with van der Waals surface area (Å²) in [5, 5.41) is 2.86. The molecule has 1 saturated heterocycles. The lowest BCUT2D eigenvalue weighted by Crippen LogP contribution is -2.51. The third kappa shape index (κ3) is 7.26. The second kappa shape index (κ2) is 11.2. The zero-order chi connectivity index (χ0) is 23.8. The molecule has 0 aliphatic carbocycles. The molecule has 3 rings (SSSR count). The van der Waals surface area contributed by atoms with Gasteiger partial charge in [-0.2, -0.15) is 0 Å². The van der Waals surface area contributed by atoms with Gasteiger partial charge in [0.1, 0.15) is 5.82 Å². The fourth-order valence-electron chi connectivity index (χ4n) is 3.48. The quantitative estimate of drug-likeness (QED) is 0.576. The van der Waals surface area contributed by atoms with E-state index in [-0.39, 0.29) is 23.1 Å². The summed E-state index contributed by atoms with van der Waals surface area (Å²) in [4.78, 5) is 28.3. The Labute approximate surface area is 193 Å². The van der Waals surface area contributed by atoms with E-state index in [1.54, 1.807) is 29.2 Å². The Balaban J connectivity index is 1.48. The average molecular weight is 477 g/mol. The van der Waals surface area contributed by atoms with Crippen molar-refractivity contribution in [2.24, 2.45) is 0 Å². The molecule has 0 aromatic heterocycles. The highest BCUT2D eigenvalue weighted by Crippen LogP contribution is 2.18. The van der Waals surface area contributed by atoms with Crippen LogP contribution in [-0.4, -0.2) is 69.3 Å². The first-order valence-corrected chi connectivity index (χ1v) is 12.4. The first kappa shape index (κ1) is 24.7. The zero-order valence-corrected chi connectivity index (χ0v) is 19.4. The molecule has 0 unspecified atom stereocenters. The molecule has 0 atom stereocenters. The number of carbonyl (C=O) groups is 2. The molecule has 1 heterocycles. The van der Waals surface area contributed by atoms with Gasteiger partial charge in [-0.25, -0.2) is 12.8 Å². The van der Waals surface area contributed by atoms with Crippen LogP contribution in [0.15, 0.2) is 53.4 Å². The van der Waals surface area contributed by atoms with Crippen molar-refractivity contribution in [1.29, 1.82) is 0 Å². The molecule has 2 N–H and O–H groups in total. The summed E-state index contributed by atoms with van der Waals surface area (Å²) in [6.07, 6.45) is 1.11. The molecule has 0 spiro atoms. The summed E-state index contributed by atoms with van der Waals surface area (Å²) in [5.74, 6) is -0.515. The van der Waals surface area contributed by atoms with Gasteiger partial charge >= 0.3 is 0 Å². The number of sulfonamides is 1. The minimum Gasteiger partial charge on any atom is -0.355 e. The van der Waals surface area contributed by atoms with Crippen molar-refractivity contribution >= 4 is 27.5 Å². The van der Waals surface area contributed by atoms with E-state index in [0.29, 0.717) is 45.0 Å². The average Bonchev–Trinajstić information content (AvgIpc) is 2.79. The van der Waals surface area contributed by atoms with E-state index in [4.69, 9.17) is 0 Å². The molecule has 10 heteroatoms. The predicted molar refractivity (Wildman–Crippen MR) is 124 cm³/mol. The van der Waals surface area contributed by atoms with E-state index in [9.17, 15) is 22.4 Å². The van der Waals surface area contributed by atoms with Gasteiger partial charge in [-0.1, -0.05) is 19.1 Å². The maximum atomic E-state index is 13.0. The Morgan fingerprint density at radius 3 is 2.21 bits per heavy atom. The van der Waals surface area contributed by atoms with E-state index >= 15 is 0 Å². The van der Waals surface area contributed by atoms with Crippen LogP contribution in [0.1, 0.15) is 18.9 Å². The molecule has 0 bridgehead atoms. The lowest BCUT2D eigenvalue weighted by molar-refractivity contribution is -0.132. The minimum absolute atomic E-state index is 0.00627. The van der Waals surface area contributed by atoms with Gasteiger partial charge in [-0.05, 0) is 48.4 Å². The topological polar surface area (TPSA) is 98.8 Å². The minimum atomic E-state index is -3.83. The van der Waals surface area contributed by atoms with Gasteiger partial charge in [-0.3, -0.25) is 19.2 Å². The van der Waals surface area contributed by atoms with Gasteiger partial charge in [0.25, 0.3) is 10.0 Å². The van der Waals surface area contributed by atoms with Crippen molar-refractivity contribution in [3.63, 3.8) is 0 Å². The van der Waals surface area contributed by atoms with Crippen molar-refractivity contribution in [3.8, 4) is 0 Å². The number of anilines is 1. The fraction of sp³-hybridized carbons (Fsp3) is 0.391. The van der Waals surface area contributed by atoms with Crippen LogP contribution in [0.2, 0.25) is 0 Å². The Morgan fingerprint density at radius 1 is 0.970 bits per heavy atom. The SMILES string of the molecule is CCCNC(=O)CN1CCN(C(=O)Cc2ccc(NS(=O)(=O)c3ccc(F)cc3)cc2)CC1. The number of piperazine rings is 1. The number of hydrogen-bond donors (Lipinski definition) is 2. The first-order chi connectivity index (χ1) is 15.8. The van der Waals surface area contributed by atoms with E-state index in [0.717, 1.165) is 24.1 Å². The summed E-state index contributed by atoms with van der Waals surface area (Å²) in [6, 6.07) is 11.2. The Bertz CT molecular complexity index is 1050. The van der Waals surface area contributed by atoms with Gasteiger partial charge in [0.05, 0.1) is 17.9 Å². The fourth-order valence-corrected chi connectivity index (χ4v) is 4.54. The Morgan fingerprint density at radius 2 is 1.61 bits per heavy atom. The summed E-state index contributed by atoms with van der Waals surface area (Å²) in [7, 11) is -3.83. The molecule has 0 radical (unpaired) electrons. The van der Waals surface area contributed by atoms with Crippen molar-refractivity contribution in [2.75, 3.05) is 44.0 Å². The van der Waals surface area contributed by atoms with Crippen molar-refractivity contribution in [3.05, 3.63) is 59.9 Å². The second-order valence-corrected chi connectivity index (χ2v) is 9.62. The summed E-state index contributed by atoms with van der Waals surface area (Å²) >= 11 is 0. The van der Waals surface area contributed by atoms with Crippen molar-refractivity contribution < 1.29 is 22.4 Å². The third-order valence-corrected chi connectivity index (χ3v) is 6.75. The number of nitrogens with zero attached hydrogens (tertiary/aromatic N) is 2. The van der Waals surface area contributed by atoms with Gasteiger partial charge in [0.15, 0.2) is 0 Å². The largest absolute Gasteiger partial charge is 0.355 e. The number of carbonyl (C=O) groups excluding carboxylic acids is 2. The summed E-state index contributed by atoms with van der Waals surface area (Å²) in [5.41, 5.74) is 1.12. The normalized spacial score (nSPS) is 14.7. The smallest absolute Gasteiger partial charge is 0.261 e. The highest BCUT2D eigenvalue weighted by Gasteiger charge is 2.22.